The molecular formula is C22H19BrFNO6S. The zero-order chi connectivity index (χ0) is 23.4. The monoisotopic (exact) mass is 523 g/mol. The number of rotatable bonds is 7. The lowest BCUT2D eigenvalue weighted by Gasteiger charge is -2.18. The van der Waals surface area contributed by atoms with Crippen molar-refractivity contribution in [3.05, 3.63) is 62.7 Å². The van der Waals surface area contributed by atoms with E-state index >= 15 is 0 Å². The lowest BCUT2D eigenvalue weighted by atomic mass is 10.1. The Morgan fingerprint density at radius 2 is 2.00 bits per heavy atom. The summed E-state index contributed by atoms with van der Waals surface area (Å²) in [7, 11) is 2.65. The predicted molar refractivity (Wildman–Crippen MR) is 121 cm³/mol. The number of carbonyl (C=O) groups is 3. The highest BCUT2D eigenvalue weighted by molar-refractivity contribution is 9.10. The van der Waals surface area contributed by atoms with E-state index in [9.17, 15) is 18.8 Å². The molecular weight excluding hydrogens is 505 g/mol. The highest BCUT2D eigenvalue weighted by Gasteiger charge is 2.41. The Morgan fingerprint density at radius 3 is 2.66 bits per heavy atom. The van der Waals surface area contributed by atoms with Crippen molar-refractivity contribution in [1.29, 1.82) is 0 Å². The van der Waals surface area contributed by atoms with Gasteiger partial charge in [-0.25, -0.2) is 9.18 Å². The van der Waals surface area contributed by atoms with Gasteiger partial charge in [0.1, 0.15) is 18.5 Å². The SMILES string of the molecule is COC(=O)[C@@H](C)N1C(=O)S/C(=C/c2cc(Br)c(OCc3cccc(F)c3)c(OC)c2)C1=O. The van der Waals surface area contributed by atoms with Gasteiger partial charge in [-0.3, -0.25) is 14.5 Å². The molecule has 1 aliphatic rings. The second-order valence-corrected chi connectivity index (χ2v) is 8.55. The fraction of sp³-hybridized carbons (Fsp3) is 0.227. The first-order chi connectivity index (χ1) is 15.2. The van der Waals surface area contributed by atoms with Crippen molar-refractivity contribution in [3.63, 3.8) is 0 Å². The zero-order valence-electron chi connectivity index (χ0n) is 17.4. The molecule has 168 valence electrons. The number of nitrogens with zero attached hydrogens (tertiary/aromatic N) is 1. The third-order valence-electron chi connectivity index (χ3n) is 4.57. The van der Waals surface area contributed by atoms with E-state index in [2.05, 4.69) is 20.7 Å². The Labute approximate surface area is 196 Å². The summed E-state index contributed by atoms with van der Waals surface area (Å²) in [6.45, 7) is 1.55. The molecule has 1 saturated heterocycles. The van der Waals surface area contributed by atoms with Crippen molar-refractivity contribution in [2.75, 3.05) is 14.2 Å². The zero-order valence-corrected chi connectivity index (χ0v) is 19.8. The topological polar surface area (TPSA) is 82.1 Å². The van der Waals surface area contributed by atoms with Gasteiger partial charge in [0, 0.05) is 0 Å². The molecule has 2 aromatic rings. The third kappa shape index (κ3) is 5.13. The maximum atomic E-state index is 13.4. The number of hydrogen-bond acceptors (Lipinski definition) is 7. The van der Waals surface area contributed by atoms with Gasteiger partial charge in [-0.05, 0) is 76.1 Å². The van der Waals surface area contributed by atoms with Crippen molar-refractivity contribution < 1.29 is 33.0 Å². The summed E-state index contributed by atoms with van der Waals surface area (Å²) in [5.41, 5.74) is 1.22. The summed E-state index contributed by atoms with van der Waals surface area (Å²) >= 11 is 4.16. The summed E-state index contributed by atoms with van der Waals surface area (Å²) in [6, 6.07) is 8.37. The Bertz CT molecular complexity index is 1110. The van der Waals surface area contributed by atoms with Crippen molar-refractivity contribution in [2.24, 2.45) is 0 Å². The van der Waals surface area contributed by atoms with Crippen LogP contribution in [-0.2, 0) is 20.9 Å². The molecule has 0 spiro atoms. The molecule has 0 radical (unpaired) electrons. The number of esters is 1. The van der Waals surface area contributed by atoms with Crippen LogP contribution in [0.25, 0.3) is 6.08 Å². The maximum Gasteiger partial charge on any atom is 0.328 e. The van der Waals surface area contributed by atoms with Gasteiger partial charge in [0.2, 0.25) is 0 Å². The number of hydrogen-bond donors (Lipinski definition) is 0. The minimum atomic E-state index is -1.03. The van der Waals surface area contributed by atoms with Crippen LogP contribution in [0.2, 0.25) is 0 Å². The van der Waals surface area contributed by atoms with E-state index in [0.717, 1.165) is 16.7 Å². The van der Waals surface area contributed by atoms with Crippen LogP contribution in [0.15, 0.2) is 45.8 Å². The number of ether oxygens (including phenoxy) is 3. The quantitative estimate of drug-likeness (QED) is 0.381. The molecule has 0 saturated carbocycles. The fourth-order valence-corrected chi connectivity index (χ4v) is 4.47. The number of halogens is 2. The minimum Gasteiger partial charge on any atom is -0.493 e. The van der Waals surface area contributed by atoms with Gasteiger partial charge >= 0.3 is 5.97 Å². The van der Waals surface area contributed by atoms with E-state index in [1.54, 1.807) is 24.3 Å². The van der Waals surface area contributed by atoms with E-state index < -0.39 is 23.2 Å². The predicted octanol–water partition coefficient (Wildman–Crippen LogP) is 4.77. The summed E-state index contributed by atoms with van der Waals surface area (Å²) in [4.78, 5) is 37.7. The highest BCUT2D eigenvalue weighted by atomic mass is 79.9. The molecule has 1 heterocycles. The van der Waals surface area contributed by atoms with Gasteiger partial charge in [0.05, 0.1) is 23.6 Å². The normalized spacial score (nSPS) is 15.8. The Morgan fingerprint density at radius 1 is 1.25 bits per heavy atom. The molecule has 32 heavy (non-hydrogen) atoms. The van der Waals surface area contributed by atoms with Crippen LogP contribution >= 0.6 is 27.7 Å². The lowest BCUT2D eigenvalue weighted by Crippen LogP contribution is -2.42. The van der Waals surface area contributed by atoms with E-state index in [1.807, 2.05) is 0 Å². The molecule has 0 bridgehead atoms. The first-order valence-corrected chi connectivity index (χ1v) is 11.0. The van der Waals surface area contributed by atoms with E-state index in [1.165, 1.54) is 39.4 Å². The van der Waals surface area contributed by atoms with Crippen molar-refractivity contribution in [3.8, 4) is 11.5 Å². The summed E-state index contributed by atoms with van der Waals surface area (Å²) in [5, 5.41) is -0.555. The Balaban J connectivity index is 1.84. The van der Waals surface area contributed by atoms with E-state index in [4.69, 9.17) is 9.47 Å². The maximum absolute atomic E-state index is 13.4. The molecule has 1 aliphatic heterocycles. The van der Waals surface area contributed by atoms with Crippen LogP contribution in [0.4, 0.5) is 9.18 Å². The molecule has 0 N–H and O–H groups in total. The van der Waals surface area contributed by atoms with Gasteiger partial charge in [0.15, 0.2) is 11.5 Å². The van der Waals surface area contributed by atoms with Gasteiger partial charge in [-0.2, -0.15) is 0 Å². The second-order valence-electron chi connectivity index (χ2n) is 6.70. The standard InChI is InChI=1S/C22H19BrFNO6S/c1-12(21(27)30-3)25-20(26)18(32-22(25)28)10-14-8-16(23)19(17(9-14)29-2)31-11-13-5-4-6-15(24)7-13/h4-10,12H,11H2,1-3H3/b18-10+/t12-/m1/s1. The van der Waals surface area contributed by atoms with Crippen LogP contribution in [0.1, 0.15) is 18.1 Å². The largest absolute Gasteiger partial charge is 0.493 e. The third-order valence-corrected chi connectivity index (χ3v) is 6.05. The second kappa shape index (κ2) is 10.2. The smallest absolute Gasteiger partial charge is 0.328 e. The van der Waals surface area contributed by atoms with Crippen LogP contribution in [0.3, 0.4) is 0 Å². The van der Waals surface area contributed by atoms with Gasteiger partial charge < -0.3 is 14.2 Å². The van der Waals surface area contributed by atoms with E-state index in [-0.39, 0.29) is 17.3 Å². The number of carbonyl (C=O) groups excluding carboxylic acids is 3. The molecule has 0 aliphatic carbocycles. The molecule has 10 heteroatoms. The first kappa shape index (κ1) is 23.8. The Kier molecular flexibility index (Phi) is 7.57. The van der Waals surface area contributed by atoms with Crippen LogP contribution in [-0.4, -0.2) is 42.3 Å². The first-order valence-electron chi connectivity index (χ1n) is 9.34. The van der Waals surface area contributed by atoms with Gasteiger partial charge in [-0.15, -0.1) is 0 Å². The molecule has 3 rings (SSSR count). The number of imide groups is 1. The van der Waals surface area contributed by atoms with Crippen molar-refractivity contribution in [2.45, 2.75) is 19.6 Å². The van der Waals surface area contributed by atoms with E-state index in [0.29, 0.717) is 27.1 Å². The summed E-state index contributed by atoms with van der Waals surface area (Å²) in [6.07, 6.45) is 1.53. The number of thioether (sulfide) groups is 1. The number of methoxy groups -OCH3 is 2. The van der Waals surface area contributed by atoms with Crippen LogP contribution in [0, 0.1) is 5.82 Å². The van der Waals surface area contributed by atoms with Crippen LogP contribution in [0.5, 0.6) is 11.5 Å². The van der Waals surface area contributed by atoms with Gasteiger partial charge in [-0.1, -0.05) is 12.1 Å². The fourth-order valence-electron chi connectivity index (χ4n) is 2.99. The molecule has 2 amide bonds. The average Bonchev–Trinajstić information content (AvgIpc) is 3.04. The average molecular weight is 524 g/mol. The number of benzene rings is 2. The molecule has 0 unspecified atom stereocenters. The van der Waals surface area contributed by atoms with Crippen LogP contribution < -0.4 is 9.47 Å². The highest BCUT2D eigenvalue weighted by Crippen LogP contribution is 2.39. The molecule has 1 fully saturated rings. The lowest BCUT2D eigenvalue weighted by molar-refractivity contribution is -0.148. The summed E-state index contributed by atoms with van der Waals surface area (Å²) < 4.78 is 29.8. The molecule has 1 atom stereocenters. The minimum absolute atomic E-state index is 0.121. The number of amides is 2. The molecule has 7 nitrogen and oxygen atoms in total. The summed E-state index contributed by atoms with van der Waals surface area (Å²) in [5.74, 6) is -0.842. The van der Waals surface area contributed by atoms with Crippen molar-refractivity contribution >= 4 is 50.9 Å². The molecule has 2 aromatic carbocycles. The molecule has 0 aromatic heterocycles. The van der Waals surface area contributed by atoms with Gasteiger partial charge in [0.25, 0.3) is 11.1 Å². The Hall–Kier alpha value is -2.85. The van der Waals surface area contributed by atoms with Crippen molar-refractivity contribution in [1.82, 2.24) is 4.90 Å².